The van der Waals surface area contributed by atoms with Gasteiger partial charge in [0.15, 0.2) is 5.78 Å². The number of aromatic hydroxyl groups is 2. The molecule has 0 aromatic heterocycles. The average Bonchev–Trinajstić information content (AvgIpc) is 2.90. The maximum atomic E-state index is 13.1. The molecule has 35 heavy (non-hydrogen) atoms. The van der Waals surface area contributed by atoms with Crippen LogP contribution in [0.4, 0.5) is 0 Å². The molecule has 0 saturated heterocycles. The van der Waals surface area contributed by atoms with Gasteiger partial charge in [0, 0.05) is 34.2 Å². The van der Waals surface area contributed by atoms with E-state index in [0.717, 1.165) is 6.29 Å². The monoisotopic (exact) mass is 468 g/mol. The summed E-state index contributed by atoms with van der Waals surface area (Å²) in [5.74, 6) is 0.144. The van der Waals surface area contributed by atoms with Gasteiger partial charge in [-0.3, -0.25) is 9.59 Å². The molecule has 6 heteroatoms. The normalized spacial score (nSPS) is 10.6. The van der Waals surface area contributed by atoms with E-state index in [2.05, 4.69) is 0 Å². The maximum absolute atomic E-state index is 13.1. The van der Waals surface area contributed by atoms with Crippen LogP contribution in [0.25, 0.3) is 11.1 Å². The Morgan fingerprint density at radius 2 is 1.46 bits per heavy atom. The highest BCUT2D eigenvalue weighted by molar-refractivity contribution is 6.11. The van der Waals surface area contributed by atoms with Crippen LogP contribution < -0.4 is 9.47 Å². The number of ketones is 1. The van der Waals surface area contributed by atoms with E-state index in [1.165, 1.54) is 20.3 Å². The van der Waals surface area contributed by atoms with Crippen LogP contribution in [0.2, 0.25) is 0 Å². The molecule has 0 bridgehead atoms. The first-order valence-corrected chi connectivity index (χ1v) is 10.9. The SMILES string of the molecule is COc1ccc(C(=O)c2ccccc2)c(O)c1Cc1c(OC)ccc(-c2cccc(C=O)c2)c1O. The fourth-order valence-electron chi connectivity index (χ4n) is 4.08. The van der Waals surface area contributed by atoms with Crippen LogP contribution in [-0.4, -0.2) is 36.5 Å². The highest BCUT2D eigenvalue weighted by Crippen LogP contribution is 2.42. The minimum atomic E-state index is -0.331. The molecule has 0 aliphatic carbocycles. The van der Waals surface area contributed by atoms with Crippen molar-refractivity contribution in [3.63, 3.8) is 0 Å². The number of carbonyl (C=O) groups excluding carboxylic acids is 2. The number of phenols is 2. The van der Waals surface area contributed by atoms with E-state index in [-0.39, 0.29) is 29.3 Å². The van der Waals surface area contributed by atoms with Gasteiger partial charge < -0.3 is 19.7 Å². The molecule has 0 fully saturated rings. The molecule has 0 atom stereocenters. The van der Waals surface area contributed by atoms with Crippen LogP contribution in [0.5, 0.6) is 23.0 Å². The van der Waals surface area contributed by atoms with Crippen molar-refractivity contribution in [2.24, 2.45) is 0 Å². The Balaban J connectivity index is 1.83. The summed E-state index contributed by atoms with van der Waals surface area (Å²) >= 11 is 0. The molecule has 0 heterocycles. The molecule has 176 valence electrons. The van der Waals surface area contributed by atoms with Gasteiger partial charge in [0.1, 0.15) is 29.3 Å². The van der Waals surface area contributed by atoms with Crippen LogP contribution in [0.3, 0.4) is 0 Å². The predicted octanol–water partition coefficient (Wildman–Crippen LogP) is 5.42. The lowest BCUT2D eigenvalue weighted by Gasteiger charge is -2.18. The first kappa shape index (κ1) is 23.6. The molecule has 0 spiro atoms. The fraction of sp³-hybridized carbons (Fsp3) is 0.103. The molecule has 2 N–H and O–H groups in total. The molecule has 0 unspecified atom stereocenters. The first-order chi connectivity index (χ1) is 17.0. The zero-order valence-corrected chi connectivity index (χ0v) is 19.3. The summed E-state index contributed by atoms with van der Waals surface area (Å²) in [4.78, 5) is 24.3. The summed E-state index contributed by atoms with van der Waals surface area (Å²) in [5.41, 5.74) is 2.93. The average molecular weight is 469 g/mol. The van der Waals surface area contributed by atoms with E-state index in [1.54, 1.807) is 66.7 Å². The van der Waals surface area contributed by atoms with Gasteiger partial charge in [0.25, 0.3) is 0 Å². The lowest BCUT2D eigenvalue weighted by Crippen LogP contribution is -2.05. The van der Waals surface area contributed by atoms with Gasteiger partial charge in [-0.2, -0.15) is 0 Å². The number of aldehydes is 1. The number of phenolic OH excluding ortho intramolecular Hbond substituents is 2. The molecule has 4 aromatic rings. The third-order valence-corrected chi connectivity index (χ3v) is 5.89. The van der Waals surface area contributed by atoms with Gasteiger partial charge in [0.2, 0.25) is 0 Å². The Labute approximate surface area is 203 Å². The van der Waals surface area contributed by atoms with Crippen LogP contribution in [-0.2, 0) is 6.42 Å². The predicted molar refractivity (Wildman–Crippen MR) is 133 cm³/mol. The molecular formula is C29H24O6. The third-order valence-electron chi connectivity index (χ3n) is 5.89. The lowest BCUT2D eigenvalue weighted by molar-refractivity contribution is 0.103. The van der Waals surface area contributed by atoms with Crippen LogP contribution >= 0.6 is 0 Å². The minimum absolute atomic E-state index is 0.0289. The number of benzene rings is 4. The van der Waals surface area contributed by atoms with Crippen molar-refractivity contribution in [2.45, 2.75) is 6.42 Å². The Bertz CT molecular complexity index is 1390. The van der Waals surface area contributed by atoms with Gasteiger partial charge >= 0.3 is 0 Å². The van der Waals surface area contributed by atoms with Crippen LogP contribution in [0.1, 0.15) is 37.4 Å². The molecule has 0 aliphatic rings. The molecule has 0 aliphatic heterocycles. The Morgan fingerprint density at radius 1 is 0.800 bits per heavy atom. The number of hydrogen-bond acceptors (Lipinski definition) is 6. The lowest BCUT2D eigenvalue weighted by atomic mass is 9.93. The Morgan fingerprint density at radius 3 is 2.11 bits per heavy atom. The van der Waals surface area contributed by atoms with Crippen molar-refractivity contribution < 1.29 is 29.3 Å². The van der Waals surface area contributed by atoms with Crippen LogP contribution in [0, 0.1) is 0 Å². The summed E-state index contributed by atoms with van der Waals surface area (Å²) in [7, 11) is 2.95. The van der Waals surface area contributed by atoms with E-state index >= 15 is 0 Å². The van der Waals surface area contributed by atoms with Crippen molar-refractivity contribution >= 4 is 12.1 Å². The van der Waals surface area contributed by atoms with E-state index < -0.39 is 0 Å². The molecule has 0 radical (unpaired) electrons. The largest absolute Gasteiger partial charge is 0.507 e. The molecule has 0 saturated carbocycles. The smallest absolute Gasteiger partial charge is 0.196 e. The highest BCUT2D eigenvalue weighted by Gasteiger charge is 2.23. The summed E-state index contributed by atoms with van der Waals surface area (Å²) in [6.45, 7) is 0. The zero-order valence-electron chi connectivity index (χ0n) is 19.3. The topological polar surface area (TPSA) is 93.1 Å². The molecule has 4 aromatic carbocycles. The van der Waals surface area contributed by atoms with Gasteiger partial charge in [-0.25, -0.2) is 0 Å². The number of ether oxygens (including phenoxy) is 2. The summed E-state index contributed by atoms with van der Waals surface area (Å²) in [5, 5.41) is 22.4. The second-order valence-electron chi connectivity index (χ2n) is 7.90. The Kier molecular flexibility index (Phi) is 6.83. The van der Waals surface area contributed by atoms with Crippen molar-refractivity contribution in [3.05, 3.63) is 107 Å². The molecule has 4 rings (SSSR count). The number of carbonyl (C=O) groups is 2. The van der Waals surface area contributed by atoms with Crippen molar-refractivity contribution in [1.82, 2.24) is 0 Å². The maximum Gasteiger partial charge on any atom is 0.196 e. The Hall–Kier alpha value is -4.58. The quantitative estimate of drug-likeness (QED) is 0.265. The van der Waals surface area contributed by atoms with Crippen molar-refractivity contribution in [1.29, 1.82) is 0 Å². The number of methoxy groups -OCH3 is 2. The van der Waals surface area contributed by atoms with Gasteiger partial charge in [-0.15, -0.1) is 0 Å². The number of rotatable bonds is 8. The van der Waals surface area contributed by atoms with Gasteiger partial charge in [0.05, 0.1) is 19.8 Å². The summed E-state index contributed by atoms with van der Waals surface area (Å²) in [6.07, 6.45) is 0.768. The zero-order chi connectivity index (χ0) is 24.9. The van der Waals surface area contributed by atoms with Gasteiger partial charge in [-0.1, -0.05) is 48.5 Å². The summed E-state index contributed by atoms with van der Waals surface area (Å²) in [6, 6.07) is 22.1. The minimum Gasteiger partial charge on any atom is -0.507 e. The summed E-state index contributed by atoms with van der Waals surface area (Å²) < 4.78 is 11.0. The van der Waals surface area contributed by atoms with E-state index in [4.69, 9.17) is 9.47 Å². The third kappa shape index (κ3) is 4.59. The van der Waals surface area contributed by atoms with Gasteiger partial charge in [-0.05, 0) is 35.9 Å². The molecule has 6 nitrogen and oxygen atoms in total. The van der Waals surface area contributed by atoms with E-state index in [0.29, 0.717) is 44.9 Å². The standard InChI is InChI=1S/C29H24O6/c1-34-25-13-11-21(20-10-6-7-18(15-20)17-30)28(32)23(25)16-24-26(35-2)14-12-22(29(24)33)27(31)19-8-4-3-5-9-19/h3-15,17,32-33H,16H2,1-2H3. The number of hydrogen-bond donors (Lipinski definition) is 2. The van der Waals surface area contributed by atoms with Crippen LogP contribution in [0.15, 0.2) is 78.9 Å². The van der Waals surface area contributed by atoms with Crippen molar-refractivity contribution in [2.75, 3.05) is 14.2 Å². The van der Waals surface area contributed by atoms with E-state index in [9.17, 15) is 19.8 Å². The van der Waals surface area contributed by atoms with Crippen molar-refractivity contribution in [3.8, 4) is 34.1 Å². The first-order valence-electron chi connectivity index (χ1n) is 10.9. The van der Waals surface area contributed by atoms with E-state index in [1.807, 2.05) is 6.07 Å². The second-order valence-corrected chi connectivity index (χ2v) is 7.90. The fourth-order valence-corrected chi connectivity index (χ4v) is 4.08. The second kappa shape index (κ2) is 10.1. The highest BCUT2D eigenvalue weighted by atomic mass is 16.5. The molecule has 0 amide bonds. The molecular weight excluding hydrogens is 444 g/mol.